The Morgan fingerprint density at radius 2 is 1.57 bits per heavy atom. The van der Waals surface area contributed by atoms with E-state index in [0.717, 1.165) is 18.4 Å². The summed E-state index contributed by atoms with van der Waals surface area (Å²) in [7, 11) is -2.47. The highest BCUT2D eigenvalue weighted by Crippen LogP contribution is 2.34. The Labute approximate surface area is 136 Å². The number of rotatable bonds is 4. The van der Waals surface area contributed by atoms with Crippen LogP contribution >= 0.6 is 33.9 Å². The van der Waals surface area contributed by atoms with Gasteiger partial charge in [0.15, 0.2) is 9.84 Å². The number of benzene rings is 1. The van der Waals surface area contributed by atoms with Crippen LogP contribution < -0.4 is 5.32 Å². The summed E-state index contributed by atoms with van der Waals surface area (Å²) in [4.78, 5) is 11.5. The van der Waals surface area contributed by atoms with E-state index >= 15 is 0 Å². The van der Waals surface area contributed by atoms with Gasteiger partial charge in [-0.2, -0.15) is 0 Å². The maximum atomic E-state index is 11.8. The van der Waals surface area contributed by atoms with Crippen molar-refractivity contribution in [2.45, 2.75) is 17.1 Å². The van der Waals surface area contributed by atoms with E-state index in [4.69, 9.17) is 33.9 Å². The molecule has 0 saturated carbocycles. The number of hydrogen-bond donors (Lipinski definition) is 1. The minimum Gasteiger partial charge on any atom is -0.322 e. The van der Waals surface area contributed by atoms with Gasteiger partial charge in [-0.25, -0.2) is 16.8 Å². The van der Waals surface area contributed by atoms with Gasteiger partial charge < -0.3 is 5.32 Å². The molecule has 1 N–H and O–H groups in total. The standard InChI is InChI=1S/C10H10Cl3NO5S2/c1-5(20(2,16)17)10(15)14-9-7(11)3-6(4-8(9)12)21(13,18)19/h3-5H,1-2H3,(H,14,15). The molecule has 0 bridgehead atoms. The monoisotopic (exact) mass is 393 g/mol. The molecule has 0 aliphatic carbocycles. The fourth-order valence-electron chi connectivity index (χ4n) is 1.23. The summed E-state index contributed by atoms with van der Waals surface area (Å²) in [5.74, 6) is -0.845. The molecule has 6 nitrogen and oxygen atoms in total. The normalized spacial score (nSPS) is 13.8. The highest BCUT2D eigenvalue weighted by Gasteiger charge is 2.25. The maximum absolute atomic E-state index is 11.8. The summed E-state index contributed by atoms with van der Waals surface area (Å²) in [6.07, 6.45) is 0.906. The van der Waals surface area contributed by atoms with Crippen molar-refractivity contribution in [3.05, 3.63) is 22.2 Å². The van der Waals surface area contributed by atoms with Crippen LogP contribution in [0.4, 0.5) is 5.69 Å². The fourth-order valence-corrected chi connectivity index (χ4v) is 3.17. The fraction of sp³-hybridized carbons (Fsp3) is 0.300. The topological polar surface area (TPSA) is 97.4 Å². The molecule has 1 unspecified atom stereocenters. The molecule has 1 amide bonds. The summed E-state index contributed by atoms with van der Waals surface area (Å²) in [5.41, 5.74) is -0.0945. The minimum atomic E-state index is -4.04. The number of nitrogens with one attached hydrogen (secondary N) is 1. The molecule has 1 rings (SSSR count). The molecule has 1 aromatic carbocycles. The van der Waals surface area contributed by atoms with Gasteiger partial charge in [-0.3, -0.25) is 4.79 Å². The summed E-state index contributed by atoms with van der Waals surface area (Å²) < 4.78 is 45.0. The second-order valence-electron chi connectivity index (χ2n) is 4.16. The smallest absolute Gasteiger partial charge is 0.261 e. The molecule has 11 heteroatoms. The highest BCUT2D eigenvalue weighted by atomic mass is 35.7. The van der Waals surface area contributed by atoms with E-state index in [2.05, 4.69) is 5.32 Å². The van der Waals surface area contributed by atoms with Gasteiger partial charge in [-0.05, 0) is 19.1 Å². The molecule has 0 radical (unpaired) electrons. The van der Waals surface area contributed by atoms with E-state index < -0.39 is 30.0 Å². The molecule has 0 fully saturated rings. The Hall–Kier alpha value is -0.540. The van der Waals surface area contributed by atoms with Crippen LogP contribution in [0.15, 0.2) is 17.0 Å². The largest absolute Gasteiger partial charge is 0.322 e. The molecule has 0 aliphatic heterocycles. The van der Waals surface area contributed by atoms with Gasteiger partial charge in [0.1, 0.15) is 5.25 Å². The van der Waals surface area contributed by atoms with Crippen molar-refractivity contribution in [1.29, 1.82) is 0 Å². The lowest BCUT2D eigenvalue weighted by molar-refractivity contribution is -0.115. The average Bonchev–Trinajstić information content (AvgIpc) is 2.29. The second-order valence-corrected chi connectivity index (χ2v) is 9.91. The zero-order valence-electron chi connectivity index (χ0n) is 10.7. The molecule has 0 saturated heterocycles. The Kier molecular flexibility index (Phi) is 5.55. The van der Waals surface area contributed by atoms with Gasteiger partial charge in [-0.1, -0.05) is 23.2 Å². The third kappa shape index (κ3) is 4.72. The molecular formula is C10H10Cl3NO5S2. The van der Waals surface area contributed by atoms with E-state index in [1.165, 1.54) is 6.92 Å². The SMILES string of the molecule is CC(C(=O)Nc1c(Cl)cc(S(=O)(=O)Cl)cc1Cl)S(C)(=O)=O. The molecule has 118 valence electrons. The van der Waals surface area contributed by atoms with Gasteiger partial charge >= 0.3 is 0 Å². The molecule has 21 heavy (non-hydrogen) atoms. The van der Waals surface area contributed by atoms with Gasteiger partial charge in [0.2, 0.25) is 5.91 Å². The Morgan fingerprint density at radius 1 is 1.14 bits per heavy atom. The third-order valence-corrected chi connectivity index (χ3v) is 5.98. The van der Waals surface area contributed by atoms with Crippen molar-refractivity contribution in [3.8, 4) is 0 Å². The van der Waals surface area contributed by atoms with Gasteiger partial charge in [0.25, 0.3) is 9.05 Å². The first-order chi connectivity index (χ1) is 9.34. The number of hydrogen-bond acceptors (Lipinski definition) is 5. The van der Waals surface area contributed by atoms with Gasteiger partial charge in [-0.15, -0.1) is 0 Å². The number of carbonyl (C=O) groups excluding carboxylic acids is 1. The lowest BCUT2D eigenvalue weighted by Gasteiger charge is -2.13. The van der Waals surface area contributed by atoms with Gasteiger partial charge in [0, 0.05) is 16.9 Å². The first-order valence-electron chi connectivity index (χ1n) is 5.27. The summed E-state index contributed by atoms with van der Waals surface area (Å²) in [6.45, 7) is 1.20. The third-order valence-electron chi connectivity index (χ3n) is 2.56. The van der Waals surface area contributed by atoms with Crippen LogP contribution in [0.1, 0.15) is 6.92 Å². The van der Waals surface area contributed by atoms with Crippen LogP contribution in [0.5, 0.6) is 0 Å². The molecule has 0 spiro atoms. The molecule has 0 aliphatic rings. The van der Waals surface area contributed by atoms with Crippen LogP contribution in [-0.4, -0.2) is 34.2 Å². The Bertz CT molecular complexity index is 766. The maximum Gasteiger partial charge on any atom is 0.261 e. The van der Waals surface area contributed by atoms with E-state index in [1.807, 2.05) is 0 Å². The Morgan fingerprint density at radius 3 is 1.90 bits per heavy atom. The van der Waals surface area contributed by atoms with Crippen molar-refractivity contribution >= 4 is 64.4 Å². The first kappa shape index (κ1) is 18.5. The zero-order valence-corrected chi connectivity index (χ0v) is 14.6. The lowest BCUT2D eigenvalue weighted by atomic mass is 10.3. The van der Waals surface area contributed by atoms with E-state index in [1.54, 1.807) is 0 Å². The average molecular weight is 395 g/mol. The number of anilines is 1. The van der Waals surface area contributed by atoms with Crippen molar-refractivity contribution in [3.63, 3.8) is 0 Å². The van der Waals surface area contributed by atoms with Crippen LogP contribution in [0.25, 0.3) is 0 Å². The summed E-state index contributed by atoms with van der Waals surface area (Å²) in [5, 5.41) is 0.556. The van der Waals surface area contributed by atoms with Crippen LogP contribution in [0, 0.1) is 0 Å². The number of carbonyl (C=O) groups is 1. The number of amides is 1. The van der Waals surface area contributed by atoms with Gasteiger partial charge in [0.05, 0.1) is 20.6 Å². The number of sulfone groups is 1. The molecule has 1 atom stereocenters. The summed E-state index contributed by atoms with van der Waals surface area (Å²) in [6, 6.07) is 1.99. The Balaban J connectivity index is 3.20. The van der Waals surface area contributed by atoms with Crippen LogP contribution in [-0.2, 0) is 23.7 Å². The molecule has 0 heterocycles. The zero-order chi connectivity index (χ0) is 16.6. The highest BCUT2D eigenvalue weighted by molar-refractivity contribution is 8.13. The second kappa shape index (κ2) is 6.29. The lowest BCUT2D eigenvalue weighted by Crippen LogP contribution is -2.32. The van der Waals surface area contributed by atoms with E-state index in [-0.39, 0.29) is 20.6 Å². The van der Waals surface area contributed by atoms with E-state index in [9.17, 15) is 21.6 Å². The van der Waals surface area contributed by atoms with E-state index in [0.29, 0.717) is 0 Å². The minimum absolute atomic E-state index is 0.0945. The predicted octanol–water partition coefficient (Wildman–Crippen LogP) is 2.29. The van der Waals surface area contributed by atoms with Crippen LogP contribution in [0.2, 0.25) is 10.0 Å². The van der Waals surface area contributed by atoms with Crippen molar-refractivity contribution < 1.29 is 21.6 Å². The first-order valence-corrected chi connectivity index (χ1v) is 10.3. The molecule has 1 aromatic rings. The number of halogens is 3. The van der Waals surface area contributed by atoms with Crippen molar-refractivity contribution in [2.24, 2.45) is 0 Å². The van der Waals surface area contributed by atoms with Crippen molar-refractivity contribution in [1.82, 2.24) is 0 Å². The molecule has 0 aromatic heterocycles. The molecular weight excluding hydrogens is 385 g/mol. The van der Waals surface area contributed by atoms with Crippen LogP contribution in [0.3, 0.4) is 0 Å². The van der Waals surface area contributed by atoms with Crippen molar-refractivity contribution in [2.75, 3.05) is 11.6 Å². The predicted molar refractivity (Wildman–Crippen MR) is 82.4 cm³/mol. The quantitative estimate of drug-likeness (QED) is 0.790. The summed E-state index contributed by atoms with van der Waals surface area (Å²) >= 11 is 11.7.